The Hall–Kier alpha value is -1.37. The Bertz CT molecular complexity index is 673. The van der Waals surface area contributed by atoms with Crippen LogP contribution in [0.5, 0.6) is 0 Å². The predicted octanol–water partition coefficient (Wildman–Crippen LogP) is 1.16. The standard InChI is InChI=1S/C12H15N3O2S/c1-14(18(16,17)15-6-7-15)9-10-8-13-12-5-3-2-4-11(10)12/h2-5,8,13H,6-7,9H2,1H3. The number of aromatic amines is 1. The highest BCUT2D eigenvalue weighted by atomic mass is 32.2. The van der Waals surface area contributed by atoms with E-state index in [0.29, 0.717) is 19.6 Å². The molecule has 2 aromatic rings. The molecule has 6 heteroatoms. The molecule has 0 atom stereocenters. The Morgan fingerprint density at radius 2 is 2.06 bits per heavy atom. The minimum absolute atomic E-state index is 0.392. The Morgan fingerprint density at radius 3 is 2.78 bits per heavy atom. The number of aromatic nitrogens is 1. The van der Waals surface area contributed by atoms with Gasteiger partial charge in [0.05, 0.1) is 0 Å². The highest BCUT2D eigenvalue weighted by Gasteiger charge is 2.35. The van der Waals surface area contributed by atoms with Crippen molar-refractivity contribution >= 4 is 21.1 Å². The van der Waals surface area contributed by atoms with Crippen LogP contribution >= 0.6 is 0 Å². The maximum Gasteiger partial charge on any atom is 0.282 e. The summed E-state index contributed by atoms with van der Waals surface area (Å²) in [5, 5.41) is 1.07. The summed E-state index contributed by atoms with van der Waals surface area (Å²) in [5.74, 6) is 0. The zero-order chi connectivity index (χ0) is 12.8. The molecule has 1 aliphatic heterocycles. The summed E-state index contributed by atoms with van der Waals surface area (Å²) in [6.07, 6.45) is 1.87. The maximum atomic E-state index is 12.0. The van der Waals surface area contributed by atoms with E-state index in [1.165, 1.54) is 8.61 Å². The smallest absolute Gasteiger partial charge is 0.282 e. The molecule has 1 aromatic carbocycles. The molecular formula is C12H15N3O2S. The van der Waals surface area contributed by atoms with Crippen molar-refractivity contribution < 1.29 is 8.42 Å². The number of rotatable bonds is 4. The summed E-state index contributed by atoms with van der Waals surface area (Å²) >= 11 is 0. The highest BCUT2D eigenvalue weighted by molar-refractivity contribution is 7.86. The van der Waals surface area contributed by atoms with Gasteiger partial charge in [-0.05, 0) is 11.6 Å². The van der Waals surface area contributed by atoms with Crippen LogP contribution in [-0.4, -0.2) is 42.1 Å². The largest absolute Gasteiger partial charge is 0.361 e. The van der Waals surface area contributed by atoms with Gasteiger partial charge >= 0.3 is 0 Å². The van der Waals surface area contributed by atoms with Crippen molar-refractivity contribution in [3.63, 3.8) is 0 Å². The van der Waals surface area contributed by atoms with Crippen LogP contribution in [0.15, 0.2) is 30.5 Å². The quantitative estimate of drug-likeness (QED) is 0.843. The van der Waals surface area contributed by atoms with Crippen molar-refractivity contribution in [1.82, 2.24) is 13.6 Å². The normalized spacial score (nSPS) is 16.6. The van der Waals surface area contributed by atoms with Gasteiger partial charge in [0.25, 0.3) is 10.2 Å². The van der Waals surface area contributed by atoms with E-state index in [-0.39, 0.29) is 0 Å². The number of nitrogens with zero attached hydrogens (tertiary/aromatic N) is 2. The summed E-state index contributed by atoms with van der Waals surface area (Å²) in [4.78, 5) is 3.15. The molecule has 0 bridgehead atoms. The van der Waals surface area contributed by atoms with Crippen LogP contribution < -0.4 is 0 Å². The molecule has 1 aliphatic rings. The molecule has 1 aromatic heterocycles. The molecule has 1 N–H and O–H groups in total. The summed E-state index contributed by atoms with van der Waals surface area (Å²) in [6, 6.07) is 7.90. The molecule has 1 fully saturated rings. The lowest BCUT2D eigenvalue weighted by molar-refractivity contribution is 0.440. The number of fused-ring (bicyclic) bond motifs is 1. The van der Waals surface area contributed by atoms with Gasteiger partial charge in [-0.3, -0.25) is 0 Å². The molecule has 18 heavy (non-hydrogen) atoms. The van der Waals surface area contributed by atoms with Crippen molar-refractivity contribution in [2.75, 3.05) is 20.1 Å². The number of hydrogen-bond donors (Lipinski definition) is 1. The Morgan fingerprint density at radius 1 is 1.33 bits per heavy atom. The van der Waals surface area contributed by atoms with Crippen molar-refractivity contribution in [2.24, 2.45) is 0 Å². The maximum absolute atomic E-state index is 12.0. The van der Waals surface area contributed by atoms with Crippen LogP contribution in [0.2, 0.25) is 0 Å². The second kappa shape index (κ2) is 4.08. The van der Waals surface area contributed by atoms with Gasteiger partial charge in [0.1, 0.15) is 0 Å². The Balaban J connectivity index is 1.88. The number of H-pyrrole nitrogens is 1. The molecule has 3 rings (SSSR count). The van der Waals surface area contributed by atoms with E-state index >= 15 is 0 Å². The first-order chi connectivity index (χ1) is 8.59. The lowest BCUT2D eigenvalue weighted by Gasteiger charge is -2.16. The molecule has 1 saturated heterocycles. The van der Waals surface area contributed by atoms with Crippen molar-refractivity contribution in [3.05, 3.63) is 36.0 Å². The zero-order valence-corrected chi connectivity index (χ0v) is 10.9. The molecule has 0 aliphatic carbocycles. The summed E-state index contributed by atoms with van der Waals surface area (Å²) in [5.41, 5.74) is 2.03. The van der Waals surface area contributed by atoms with Crippen molar-refractivity contribution in [1.29, 1.82) is 0 Å². The lowest BCUT2D eigenvalue weighted by atomic mass is 10.2. The number of nitrogens with one attached hydrogen (secondary N) is 1. The van der Waals surface area contributed by atoms with Gasteiger partial charge in [0.2, 0.25) is 0 Å². The fourth-order valence-electron chi connectivity index (χ4n) is 2.05. The SMILES string of the molecule is CN(Cc1c[nH]c2ccccc12)S(=O)(=O)N1CC1. The van der Waals surface area contributed by atoms with Crippen molar-refractivity contribution in [3.8, 4) is 0 Å². The predicted molar refractivity (Wildman–Crippen MR) is 70.3 cm³/mol. The van der Waals surface area contributed by atoms with Gasteiger partial charge in [-0.25, -0.2) is 0 Å². The summed E-state index contributed by atoms with van der Waals surface area (Å²) in [7, 11) is -1.64. The van der Waals surface area contributed by atoms with Gasteiger partial charge in [-0.1, -0.05) is 18.2 Å². The first-order valence-corrected chi connectivity index (χ1v) is 7.25. The van der Waals surface area contributed by atoms with Crippen LogP contribution in [0.1, 0.15) is 5.56 Å². The number of para-hydroxylation sites is 1. The molecule has 0 unspecified atom stereocenters. The molecule has 0 radical (unpaired) electrons. The minimum atomic E-state index is -3.26. The van der Waals surface area contributed by atoms with E-state index in [9.17, 15) is 8.42 Å². The lowest BCUT2D eigenvalue weighted by Crippen LogP contribution is -2.31. The first kappa shape index (κ1) is 11.7. The van der Waals surface area contributed by atoms with Crippen LogP contribution in [-0.2, 0) is 16.8 Å². The average Bonchev–Trinajstić information content (AvgIpc) is 3.14. The fraction of sp³-hybridized carbons (Fsp3) is 0.333. The monoisotopic (exact) mass is 265 g/mol. The van der Waals surface area contributed by atoms with Crippen LogP contribution in [0, 0.1) is 0 Å². The number of benzene rings is 1. The second-order valence-corrected chi connectivity index (χ2v) is 6.56. The molecule has 2 heterocycles. The van der Waals surface area contributed by atoms with E-state index in [0.717, 1.165) is 16.5 Å². The third-order valence-electron chi connectivity index (χ3n) is 3.19. The van der Waals surface area contributed by atoms with Gasteiger partial charge in [-0.15, -0.1) is 0 Å². The van der Waals surface area contributed by atoms with E-state index in [4.69, 9.17) is 0 Å². The molecule has 96 valence electrons. The zero-order valence-electron chi connectivity index (χ0n) is 10.1. The molecule has 0 saturated carbocycles. The average molecular weight is 265 g/mol. The molecule has 0 spiro atoms. The second-order valence-electron chi connectivity index (χ2n) is 4.52. The number of hydrogen-bond acceptors (Lipinski definition) is 2. The summed E-state index contributed by atoms with van der Waals surface area (Å²) < 4.78 is 26.9. The highest BCUT2D eigenvalue weighted by Crippen LogP contribution is 2.22. The topological polar surface area (TPSA) is 56.2 Å². The van der Waals surface area contributed by atoms with Crippen LogP contribution in [0.4, 0.5) is 0 Å². The fourth-order valence-corrected chi connectivity index (χ4v) is 3.29. The third-order valence-corrected chi connectivity index (χ3v) is 5.13. The van der Waals surface area contributed by atoms with Crippen LogP contribution in [0.25, 0.3) is 10.9 Å². The molecular weight excluding hydrogens is 250 g/mol. The van der Waals surface area contributed by atoms with Crippen molar-refractivity contribution in [2.45, 2.75) is 6.54 Å². The van der Waals surface area contributed by atoms with Gasteiger partial charge in [-0.2, -0.15) is 17.0 Å². The molecule has 5 nitrogen and oxygen atoms in total. The van der Waals surface area contributed by atoms with E-state index in [1.807, 2.05) is 30.5 Å². The first-order valence-electron chi connectivity index (χ1n) is 5.85. The third kappa shape index (κ3) is 1.92. The van der Waals surface area contributed by atoms with E-state index < -0.39 is 10.2 Å². The minimum Gasteiger partial charge on any atom is -0.361 e. The van der Waals surface area contributed by atoms with Gasteiger partial charge in [0, 0.05) is 43.8 Å². The summed E-state index contributed by atoms with van der Waals surface area (Å²) in [6.45, 7) is 1.67. The Labute approximate surface area is 106 Å². The Kier molecular flexibility index (Phi) is 2.65. The van der Waals surface area contributed by atoms with Gasteiger partial charge < -0.3 is 4.98 Å². The van der Waals surface area contributed by atoms with E-state index in [1.54, 1.807) is 7.05 Å². The van der Waals surface area contributed by atoms with Crippen LogP contribution in [0.3, 0.4) is 0 Å². The van der Waals surface area contributed by atoms with Gasteiger partial charge in [0.15, 0.2) is 0 Å². The molecule has 0 amide bonds. The van der Waals surface area contributed by atoms with E-state index in [2.05, 4.69) is 4.98 Å².